The fourth-order valence-corrected chi connectivity index (χ4v) is 1.71. The molecule has 0 heterocycles. The number of quaternary nitrogens is 2. The smallest absolute Gasteiger partial charge is 0.128 e. The third kappa shape index (κ3) is 28.8. The summed E-state index contributed by atoms with van der Waals surface area (Å²) in [5.74, 6) is 0.347. The number of halogens is 1. The van der Waals surface area contributed by atoms with Crippen LogP contribution >= 0.6 is 11.6 Å². The maximum absolute atomic E-state index is 8.87. The standard InChI is InChI=1S/C10H26N2O2.C6H16N2.C2H5ClO/c1-11(2,7-9-13)5-6-12(3,4)8-10-14;1-7(2)5-6-8(3)4;3-1-2-4/h13-14H,5-10H2,1-4H3;5-6H2,1-4H3;4H,1-2H2/q+2;;. The number of likely N-dealkylation sites (N-methyl/N-ethyl adjacent to an activating group) is 4. The van der Waals surface area contributed by atoms with E-state index in [1.54, 1.807) is 0 Å². The van der Waals surface area contributed by atoms with E-state index in [-0.39, 0.29) is 19.8 Å². The van der Waals surface area contributed by atoms with E-state index < -0.39 is 0 Å². The monoisotopic (exact) mass is 402 g/mol. The fourth-order valence-electron chi connectivity index (χ4n) is 1.71. The second-order valence-corrected chi connectivity index (χ2v) is 8.61. The van der Waals surface area contributed by atoms with Crippen LogP contribution in [0.5, 0.6) is 0 Å². The molecule has 8 heteroatoms. The first kappa shape index (κ1) is 30.7. The highest BCUT2D eigenvalue weighted by atomic mass is 35.5. The Morgan fingerprint density at radius 1 is 0.615 bits per heavy atom. The lowest BCUT2D eigenvalue weighted by molar-refractivity contribution is -0.946. The Balaban J connectivity index is -0.000000370. The van der Waals surface area contributed by atoms with E-state index in [2.05, 4.69) is 66.2 Å². The molecule has 0 aromatic carbocycles. The van der Waals surface area contributed by atoms with Crippen LogP contribution < -0.4 is 0 Å². The van der Waals surface area contributed by atoms with Gasteiger partial charge < -0.3 is 34.1 Å². The molecule has 0 radical (unpaired) electrons. The number of rotatable bonds is 11. The van der Waals surface area contributed by atoms with Crippen LogP contribution in [0, 0.1) is 0 Å². The summed E-state index contributed by atoms with van der Waals surface area (Å²) in [5.41, 5.74) is 0. The van der Waals surface area contributed by atoms with E-state index >= 15 is 0 Å². The zero-order valence-electron chi connectivity index (χ0n) is 18.6. The molecule has 0 aliphatic carbocycles. The Kier molecular flexibility index (Phi) is 21.7. The largest absolute Gasteiger partial charge is 0.395 e. The van der Waals surface area contributed by atoms with Crippen LogP contribution in [-0.2, 0) is 0 Å². The average molecular weight is 403 g/mol. The van der Waals surface area contributed by atoms with Gasteiger partial charge in [0, 0.05) is 19.0 Å². The highest BCUT2D eigenvalue weighted by Crippen LogP contribution is 2.01. The van der Waals surface area contributed by atoms with Crippen molar-refractivity contribution in [3.8, 4) is 0 Å². The van der Waals surface area contributed by atoms with Crippen LogP contribution in [0.4, 0.5) is 0 Å². The Morgan fingerprint density at radius 2 is 0.885 bits per heavy atom. The summed E-state index contributed by atoms with van der Waals surface area (Å²) in [7, 11) is 16.8. The highest BCUT2D eigenvalue weighted by molar-refractivity contribution is 6.17. The first-order valence-electron chi connectivity index (χ1n) is 9.19. The van der Waals surface area contributed by atoms with Crippen molar-refractivity contribution in [1.29, 1.82) is 0 Å². The Hall–Kier alpha value is 0.01000. The molecular formula is C18H47ClN4O3+2. The van der Waals surface area contributed by atoms with Gasteiger partial charge in [-0.15, -0.1) is 11.6 Å². The van der Waals surface area contributed by atoms with Crippen LogP contribution in [0.25, 0.3) is 0 Å². The third-order valence-corrected chi connectivity index (χ3v) is 3.97. The van der Waals surface area contributed by atoms with Crippen molar-refractivity contribution in [2.24, 2.45) is 0 Å². The number of alkyl halides is 1. The maximum Gasteiger partial charge on any atom is 0.128 e. The normalized spacial score (nSPS) is 11.8. The van der Waals surface area contributed by atoms with Gasteiger partial charge in [-0.05, 0) is 28.2 Å². The van der Waals surface area contributed by atoms with Crippen molar-refractivity contribution in [1.82, 2.24) is 9.80 Å². The van der Waals surface area contributed by atoms with Crippen molar-refractivity contribution in [2.45, 2.75) is 0 Å². The summed E-state index contributed by atoms with van der Waals surface area (Å²) in [4.78, 5) is 4.36. The lowest BCUT2D eigenvalue weighted by Gasteiger charge is -2.35. The van der Waals surface area contributed by atoms with Gasteiger partial charge in [0.05, 0.1) is 48.0 Å². The summed E-state index contributed by atoms with van der Waals surface area (Å²) < 4.78 is 1.67. The van der Waals surface area contributed by atoms with Crippen molar-refractivity contribution in [3.63, 3.8) is 0 Å². The van der Waals surface area contributed by atoms with Crippen molar-refractivity contribution < 1.29 is 24.3 Å². The van der Waals surface area contributed by atoms with Crippen LogP contribution in [0.2, 0.25) is 0 Å². The molecular weight excluding hydrogens is 356 g/mol. The van der Waals surface area contributed by atoms with E-state index in [9.17, 15) is 0 Å². The molecule has 0 amide bonds. The van der Waals surface area contributed by atoms with Gasteiger partial charge in [-0.2, -0.15) is 0 Å². The summed E-state index contributed by atoms with van der Waals surface area (Å²) in [6.07, 6.45) is 0. The number of hydrogen-bond donors (Lipinski definition) is 3. The van der Waals surface area contributed by atoms with Gasteiger partial charge in [-0.1, -0.05) is 0 Å². The first-order chi connectivity index (χ1) is 11.9. The predicted molar refractivity (Wildman–Crippen MR) is 113 cm³/mol. The molecule has 0 rings (SSSR count). The molecule has 0 spiro atoms. The second-order valence-electron chi connectivity index (χ2n) is 8.23. The quantitative estimate of drug-likeness (QED) is 0.319. The van der Waals surface area contributed by atoms with Crippen LogP contribution in [-0.4, -0.2) is 155 Å². The minimum Gasteiger partial charge on any atom is -0.395 e. The first-order valence-corrected chi connectivity index (χ1v) is 9.73. The molecule has 0 saturated carbocycles. The van der Waals surface area contributed by atoms with Gasteiger partial charge in [-0.3, -0.25) is 0 Å². The van der Waals surface area contributed by atoms with Gasteiger partial charge in [0.15, 0.2) is 0 Å². The summed E-state index contributed by atoms with van der Waals surface area (Å²) in [6.45, 7) is 6.47. The van der Waals surface area contributed by atoms with Crippen molar-refractivity contribution >= 4 is 11.6 Å². The molecule has 0 bridgehead atoms. The minimum absolute atomic E-state index is 0.0849. The topological polar surface area (TPSA) is 67.2 Å². The molecule has 26 heavy (non-hydrogen) atoms. The maximum atomic E-state index is 8.87. The van der Waals surface area contributed by atoms with Gasteiger partial charge in [0.1, 0.15) is 26.2 Å². The molecule has 3 N–H and O–H groups in total. The fraction of sp³-hybridized carbons (Fsp3) is 1.00. The van der Waals surface area contributed by atoms with Crippen LogP contribution in [0.1, 0.15) is 0 Å². The zero-order chi connectivity index (χ0) is 21.2. The Labute approximate surface area is 167 Å². The minimum atomic E-state index is 0.0849. The highest BCUT2D eigenvalue weighted by Gasteiger charge is 2.21. The second kappa shape index (κ2) is 18.4. The molecule has 0 saturated heterocycles. The van der Waals surface area contributed by atoms with Gasteiger partial charge >= 0.3 is 0 Å². The number of nitrogens with zero attached hydrogens (tertiary/aromatic N) is 4. The summed E-state index contributed by atoms with van der Waals surface area (Å²) in [6, 6.07) is 0. The lowest BCUT2D eigenvalue weighted by atomic mass is 10.3. The molecule has 0 fully saturated rings. The summed E-state index contributed by atoms with van der Waals surface area (Å²) >= 11 is 4.94. The Morgan fingerprint density at radius 3 is 1.04 bits per heavy atom. The van der Waals surface area contributed by atoms with Crippen LogP contribution in [0.15, 0.2) is 0 Å². The molecule has 0 unspecified atom stereocenters. The number of hydrogen-bond acceptors (Lipinski definition) is 5. The molecule has 0 aromatic heterocycles. The van der Waals surface area contributed by atoms with Gasteiger partial charge in [0.2, 0.25) is 0 Å². The molecule has 0 aromatic rings. The molecule has 0 atom stereocenters. The molecule has 7 nitrogen and oxygen atoms in total. The molecule has 162 valence electrons. The van der Waals surface area contributed by atoms with Crippen LogP contribution in [0.3, 0.4) is 0 Å². The third-order valence-electron chi connectivity index (χ3n) is 3.80. The predicted octanol–water partition coefficient (Wildman–Crippen LogP) is -0.549. The lowest BCUT2D eigenvalue weighted by Crippen LogP contribution is -2.52. The molecule has 0 aliphatic rings. The SMILES string of the molecule is CN(C)CCN(C)C.C[N+](C)(CCO)CC[N+](C)(C)CCO.OCCCl. The van der Waals surface area contributed by atoms with Gasteiger partial charge in [0.25, 0.3) is 0 Å². The van der Waals surface area contributed by atoms with Gasteiger partial charge in [-0.25, -0.2) is 0 Å². The van der Waals surface area contributed by atoms with Crippen molar-refractivity contribution in [2.75, 3.05) is 121 Å². The molecule has 0 aliphatic heterocycles. The van der Waals surface area contributed by atoms with E-state index in [0.29, 0.717) is 5.88 Å². The van der Waals surface area contributed by atoms with E-state index in [0.717, 1.165) is 48.2 Å². The van der Waals surface area contributed by atoms with E-state index in [1.807, 2.05) is 0 Å². The van der Waals surface area contributed by atoms with Crippen molar-refractivity contribution in [3.05, 3.63) is 0 Å². The van der Waals surface area contributed by atoms with E-state index in [1.165, 1.54) is 0 Å². The zero-order valence-corrected chi connectivity index (χ0v) is 19.3. The summed E-state index contributed by atoms with van der Waals surface area (Å²) in [5, 5.41) is 25.5. The van der Waals surface area contributed by atoms with E-state index in [4.69, 9.17) is 26.9 Å². The number of aliphatic hydroxyl groups is 3. The number of aliphatic hydroxyl groups excluding tert-OH is 3. The average Bonchev–Trinajstić information content (AvgIpc) is 2.52. The Bertz CT molecular complexity index is 264.